The molecule has 0 aliphatic rings. The summed E-state index contributed by atoms with van der Waals surface area (Å²) in [5.41, 5.74) is 4.23. The van der Waals surface area contributed by atoms with Crippen molar-refractivity contribution in [2.45, 2.75) is 28.0 Å². The maximum atomic E-state index is 12.6. The monoisotopic (exact) mass is 478 g/mol. The number of nitrogens with zero attached hydrogens (tertiary/aromatic N) is 2. The molecule has 0 aliphatic carbocycles. The van der Waals surface area contributed by atoms with Crippen LogP contribution in [0, 0.1) is 13.8 Å². The first-order valence-corrected chi connectivity index (χ1v) is 12.6. The maximum absolute atomic E-state index is 12.6. The highest BCUT2D eigenvalue weighted by atomic mass is 32.2. The van der Waals surface area contributed by atoms with Crippen molar-refractivity contribution in [2.75, 3.05) is 16.4 Å². The molecular weight excluding hydrogens is 456 g/mol. The molecule has 0 fully saturated rings. The third-order valence-electron chi connectivity index (χ3n) is 4.71. The van der Waals surface area contributed by atoms with Crippen molar-refractivity contribution < 1.29 is 4.79 Å². The molecule has 0 saturated carbocycles. The number of benzene rings is 3. The van der Waals surface area contributed by atoms with Gasteiger partial charge in [-0.3, -0.25) is 4.79 Å². The summed E-state index contributed by atoms with van der Waals surface area (Å²) in [6.45, 7) is 4.16. The predicted molar refractivity (Wildman–Crippen MR) is 135 cm³/mol. The highest BCUT2D eigenvalue weighted by Crippen LogP contribution is 2.34. The van der Waals surface area contributed by atoms with Gasteiger partial charge in [0, 0.05) is 15.5 Å². The summed E-state index contributed by atoms with van der Waals surface area (Å²) in [7, 11) is 0. The van der Waals surface area contributed by atoms with Gasteiger partial charge in [-0.15, -0.1) is 10.2 Å². The van der Waals surface area contributed by atoms with Crippen LogP contribution in [-0.2, 0) is 4.79 Å². The summed E-state index contributed by atoms with van der Waals surface area (Å²) in [4.78, 5) is 14.7. The summed E-state index contributed by atoms with van der Waals surface area (Å²) >= 11 is 4.45. The number of hydrogen-bond acceptors (Lipinski definition) is 7. The highest BCUT2D eigenvalue weighted by molar-refractivity contribution is 8.01. The van der Waals surface area contributed by atoms with Crippen molar-refractivity contribution in [2.24, 2.45) is 0 Å². The lowest BCUT2D eigenvalue weighted by Crippen LogP contribution is -2.14. The van der Waals surface area contributed by atoms with E-state index in [-0.39, 0.29) is 11.7 Å². The van der Waals surface area contributed by atoms with Crippen molar-refractivity contribution >= 4 is 57.3 Å². The van der Waals surface area contributed by atoms with E-state index < -0.39 is 0 Å². The lowest BCUT2D eigenvalue weighted by atomic mass is 10.1. The minimum absolute atomic E-state index is 0.0738. The summed E-state index contributed by atoms with van der Waals surface area (Å²) in [5.74, 6) is 0.193. The van der Waals surface area contributed by atoms with E-state index in [0.29, 0.717) is 5.13 Å². The maximum Gasteiger partial charge on any atom is 0.234 e. The first-order chi connectivity index (χ1) is 15.6. The van der Waals surface area contributed by atoms with Crippen LogP contribution in [0.2, 0.25) is 0 Å². The normalized spacial score (nSPS) is 10.7. The minimum atomic E-state index is -0.0738. The SMILES string of the molecule is Cc1cccc(Nc2nnc(SCC(=O)Nc3ccccc3Sc3ccccc3)s2)c1C. The number of hydrogen-bond donors (Lipinski definition) is 2. The van der Waals surface area contributed by atoms with Crippen LogP contribution in [0.4, 0.5) is 16.5 Å². The fourth-order valence-electron chi connectivity index (χ4n) is 2.91. The van der Waals surface area contributed by atoms with E-state index in [0.717, 1.165) is 25.5 Å². The molecule has 3 aromatic carbocycles. The zero-order valence-electron chi connectivity index (χ0n) is 17.7. The van der Waals surface area contributed by atoms with E-state index in [4.69, 9.17) is 0 Å². The second-order valence-corrected chi connectivity index (χ2v) is 10.3. The predicted octanol–water partition coefficient (Wildman–Crippen LogP) is 6.78. The number of anilines is 3. The van der Waals surface area contributed by atoms with Crippen molar-refractivity contribution in [3.63, 3.8) is 0 Å². The smallest absolute Gasteiger partial charge is 0.234 e. The van der Waals surface area contributed by atoms with Gasteiger partial charge >= 0.3 is 0 Å². The van der Waals surface area contributed by atoms with Gasteiger partial charge in [0.1, 0.15) is 0 Å². The first kappa shape index (κ1) is 22.4. The van der Waals surface area contributed by atoms with Crippen LogP contribution in [0.3, 0.4) is 0 Å². The van der Waals surface area contributed by atoms with Gasteiger partial charge < -0.3 is 10.6 Å². The fraction of sp³-hybridized carbons (Fsp3) is 0.125. The highest BCUT2D eigenvalue weighted by Gasteiger charge is 2.12. The van der Waals surface area contributed by atoms with Gasteiger partial charge in [-0.1, -0.05) is 77.3 Å². The molecule has 1 aromatic heterocycles. The summed E-state index contributed by atoms with van der Waals surface area (Å²) in [6.07, 6.45) is 0. The quantitative estimate of drug-likeness (QED) is 0.272. The van der Waals surface area contributed by atoms with E-state index in [1.54, 1.807) is 11.8 Å². The molecule has 32 heavy (non-hydrogen) atoms. The number of para-hydroxylation sites is 1. The van der Waals surface area contributed by atoms with Crippen LogP contribution in [0.25, 0.3) is 0 Å². The van der Waals surface area contributed by atoms with Gasteiger partial charge in [0.05, 0.1) is 11.4 Å². The molecule has 0 unspecified atom stereocenters. The first-order valence-electron chi connectivity index (χ1n) is 10.00. The Bertz CT molecular complexity index is 1210. The molecule has 8 heteroatoms. The molecule has 0 saturated heterocycles. The lowest BCUT2D eigenvalue weighted by Gasteiger charge is -2.10. The van der Waals surface area contributed by atoms with Gasteiger partial charge in [0.15, 0.2) is 4.34 Å². The Morgan fingerprint density at radius 2 is 1.66 bits per heavy atom. The van der Waals surface area contributed by atoms with Crippen LogP contribution in [0.5, 0.6) is 0 Å². The fourth-order valence-corrected chi connectivity index (χ4v) is 5.40. The third kappa shape index (κ3) is 5.91. The Labute approximate surface area is 200 Å². The number of carbonyl (C=O) groups is 1. The zero-order chi connectivity index (χ0) is 22.3. The topological polar surface area (TPSA) is 66.9 Å². The summed E-state index contributed by atoms with van der Waals surface area (Å²) < 4.78 is 0.750. The molecule has 0 spiro atoms. The molecular formula is C24H22N4OS3. The number of nitrogens with one attached hydrogen (secondary N) is 2. The number of aromatic nitrogens is 2. The van der Waals surface area contributed by atoms with Gasteiger partial charge in [-0.05, 0) is 55.3 Å². The Morgan fingerprint density at radius 1 is 0.906 bits per heavy atom. The molecule has 162 valence electrons. The number of amides is 1. The average molecular weight is 479 g/mol. The van der Waals surface area contributed by atoms with E-state index in [2.05, 4.69) is 52.9 Å². The number of thioether (sulfide) groups is 1. The largest absolute Gasteiger partial charge is 0.330 e. The average Bonchev–Trinajstić information content (AvgIpc) is 3.25. The molecule has 1 heterocycles. The zero-order valence-corrected chi connectivity index (χ0v) is 20.1. The molecule has 0 radical (unpaired) electrons. The van der Waals surface area contributed by atoms with Crippen LogP contribution in [0.15, 0.2) is 86.9 Å². The molecule has 4 aromatic rings. The lowest BCUT2D eigenvalue weighted by molar-refractivity contribution is -0.113. The molecule has 5 nitrogen and oxygen atoms in total. The van der Waals surface area contributed by atoms with Crippen molar-refractivity contribution in [3.8, 4) is 0 Å². The second kappa shape index (κ2) is 10.7. The van der Waals surface area contributed by atoms with Crippen LogP contribution >= 0.6 is 34.9 Å². The van der Waals surface area contributed by atoms with E-state index in [1.807, 2.05) is 54.6 Å². The van der Waals surface area contributed by atoms with Crippen molar-refractivity contribution in [3.05, 3.63) is 83.9 Å². The molecule has 0 bridgehead atoms. The van der Waals surface area contributed by atoms with E-state index in [9.17, 15) is 4.79 Å². The summed E-state index contributed by atoms with van der Waals surface area (Å²) in [5, 5.41) is 15.5. The Hall–Kier alpha value is -2.81. The van der Waals surface area contributed by atoms with E-state index >= 15 is 0 Å². The molecule has 0 atom stereocenters. The summed E-state index contributed by atoms with van der Waals surface area (Å²) in [6, 6.07) is 24.1. The molecule has 2 N–H and O–H groups in total. The number of rotatable bonds is 8. The third-order valence-corrected chi connectivity index (χ3v) is 7.77. The Kier molecular flexibility index (Phi) is 7.47. The van der Waals surface area contributed by atoms with Crippen molar-refractivity contribution in [1.29, 1.82) is 0 Å². The minimum Gasteiger partial charge on any atom is -0.330 e. The number of aryl methyl sites for hydroxylation is 1. The standard InChI is InChI=1S/C24H22N4OS3/c1-16-9-8-13-19(17(16)2)26-23-27-28-24(32-23)30-15-22(29)25-20-12-6-7-14-21(20)31-18-10-4-3-5-11-18/h3-14H,15H2,1-2H3,(H,25,29)(H,26,27). The molecule has 4 rings (SSSR count). The van der Waals surface area contributed by atoms with E-state index in [1.165, 1.54) is 34.2 Å². The van der Waals surface area contributed by atoms with Crippen LogP contribution in [-0.4, -0.2) is 21.9 Å². The van der Waals surface area contributed by atoms with Crippen LogP contribution < -0.4 is 10.6 Å². The Balaban J connectivity index is 1.34. The van der Waals surface area contributed by atoms with Crippen molar-refractivity contribution in [1.82, 2.24) is 10.2 Å². The van der Waals surface area contributed by atoms with Gasteiger partial charge in [-0.2, -0.15) is 0 Å². The van der Waals surface area contributed by atoms with Crippen LogP contribution in [0.1, 0.15) is 11.1 Å². The molecule has 1 amide bonds. The number of carbonyl (C=O) groups excluding carboxylic acids is 1. The second-order valence-electron chi connectivity index (χ2n) is 6.99. The molecule has 0 aliphatic heterocycles. The van der Waals surface area contributed by atoms with Gasteiger partial charge in [-0.25, -0.2) is 0 Å². The Morgan fingerprint density at radius 3 is 2.50 bits per heavy atom. The van der Waals surface area contributed by atoms with Gasteiger partial charge in [0.25, 0.3) is 0 Å². The van der Waals surface area contributed by atoms with Gasteiger partial charge in [0.2, 0.25) is 11.0 Å².